The molecule has 2 heterocycles. The fraction of sp³-hybridized carbons (Fsp3) is 0.606. The van der Waals surface area contributed by atoms with Gasteiger partial charge in [-0.05, 0) is 56.9 Å². The minimum absolute atomic E-state index is 0.00560. The van der Waals surface area contributed by atoms with Crippen molar-refractivity contribution in [3.63, 3.8) is 0 Å². The first-order valence-electron chi connectivity index (χ1n) is 15.5. The molecule has 0 unspecified atom stereocenters. The summed E-state index contributed by atoms with van der Waals surface area (Å²) >= 11 is 0. The minimum Gasteiger partial charge on any atom is -0.479 e. The number of rotatable bonds is 10. The zero-order chi connectivity index (χ0) is 33.3. The number of carboxylic acids is 1. The molecule has 0 radical (unpaired) electrons. The molecule has 1 aromatic heterocycles. The molecule has 3 N–H and O–H groups in total. The van der Waals surface area contributed by atoms with E-state index in [4.69, 9.17) is 14.2 Å². The van der Waals surface area contributed by atoms with Gasteiger partial charge in [0.25, 0.3) is 0 Å². The maximum atomic E-state index is 14.3. The topological polar surface area (TPSA) is 156 Å². The van der Waals surface area contributed by atoms with Gasteiger partial charge >= 0.3 is 12.1 Å². The van der Waals surface area contributed by atoms with E-state index >= 15 is 0 Å². The number of pyridine rings is 1. The van der Waals surface area contributed by atoms with Crippen LogP contribution in [-0.2, 0) is 19.1 Å². The summed E-state index contributed by atoms with van der Waals surface area (Å²) in [4.78, 5) is 59.1. The van der Waals surface area contributed by atoms with Crippen LogP contribution < -0.4 is 20.1 Å². The average molecular weight is 627 g/mol. The second kappa shape index (κ2) is 12.7. The molecule has 1 aliphatic heterocycles. The highest BCUT2D eigenvalue weighted by Gasteiger charge is 2.61. The number of fused-ring (bicyclic) bond motifs is 1. The van der Waals surface area contributed by atoms with Crippen LogP contribution in [0.3, 0.4) is 0 Å². The van der Waals surface area contributed by atoms with Crippen LogP contribution in [-0.4, -0.2) is 81.3 Å². The summed E-state index contributed by atoms with van der Waals surface area (Å²) in [5.41, 5.74) is -2.92. The number of aromatic nitrogens is 1. The van der Waals surface area contributed by atoms with E-state index in [1.807, 2.05) is 44.2 Å². The third kappa shape index (κ3) is 7.59. The highest BCUT2D eigenvalue weighted by Crippen LogP contribution is 2.46. The minimum atomic E-state index is -1.37. The lowest BCUT2D eigenvalue weighted by Gasteiger charge is -2.35. The molecule has 12 heteroatoms. The number of hydrogen-bond donors (Lipinski definition) is 3. The van der Waals surface area contributed by atoms with Crippen molar-refractivity contribution in [1.29, 1.82) is 0 Å². The summed E-state index contributed by atoms with van der Waals surface area (Å²) in [7, 11) is 0. The second-order valence-electron chi connectivity index (χ2n) is 13.9. The Morgan fingerprint density at radius 2 is 1.80 bits per heavy atom. The number of carbonyl (C=O) groups is 4. The molecule has 0 spiro atoms. The fourth-order valence-corrected chi connectivity index (χ4v) is 5.82. The largest absolute Gasteiger partial charge is 0.479 e. The standard InChI is InChI=1S/C33H46N4O8/c1-9-20-17-33(20,29(40)41)36-26(38)23-16-21(44-27-22-14-12-11-13-19(22)15-24(34-27)43-10-2)18-37(23)28(39)25(31(3,4)5)35-30(42)45-32(6,7)8/h11-15,20-21,23,25H,9-10,16-18H2,1-8H3,(H,35,42)(H,36,38)(H,40,41)/t20-,21-,23+,25-,33-/m1/s1. The van der Waals surface area contributed by atoms with Crippen LogP contribution in [0, 0.1) is 11.3 Å². The molecule has 246 valence electrons. The molecular weight excluding hydrogens is 580 g/mol. The summed E-state index contributed by atoms with van der Waals surface area (Å²) in [6.45, 7) is 14.7. The summed E-state index contributed by atoms with van der Waals surface area (Å²) < 4.78 is 17.5. The van der Waals surface area contributed by atoms with Crippen LogP contribution in [0.5, 0.6) is 11.8 Å². The van der Waals surface area contributed by atoms with Crippen LogP contribution >= 0.6 is 0 Å². The van der Waals surface area contributed by atoms with Gasteiger partial charge in [-0.1, -0.05) is 52.3 Å². The number of carboxylic acid groups (broad SMARTS) is 1. The van der Waals surface area contributed by atoms with Crippen molar-refractivity contribution in [3.05, 3.63) is 30.3 Å². The molecule has 2 aromatic rings. The molecule has 1 aromatic carbocycles. The van der Waals surface area contributed by atoms with Crippen LogP contribution in [0.1, 0.15) is 74.7 Å². The number of aliphatic carboxylic acids is 1. The maximum absolute atomic E-state index is 14.3. The van der Waals surface area contributed by atoms with Crippen molar-refractivity contribution in [1.82, 2.24) is 20.5 Å². The van der Waals surface area contributed by atoms with Crippen molar-refractivity contribution in [2.45, 2.75) is 104 Å². The molecular formula is C33H46N4O8. The number of carbonyl (C=O) groups excluding carboxylic acids is 3. The quantitative estimate of drug-likeness (QED) is 0.350. The number of nitrogens with zero attached hydrogens (tertiary/aromatic N) is 2. The average Bonchev–Trinajstić information content (AvgIpc) is 3.50. The molecule has 1 saturated carbocycles. The van der Waals surface area contributed by atoms with E-state index in [-0.39, 0.29) is 18.9 Å². The Kier molecular flexibility index (Phi) is 9.56. The van der Waals surface area contributed by atoms with Gasteiger partial charge < -0.3 is 34.9 Å². The first-order valence-corrected chi connectivity index (χ1v) is 15.5. The Balaban J connectivity index is 1.67. The summed E-state index contributed by atoms with van der Waals surface area (Å²) in [6.07, 6.45) is -0.437. The molecule has 3 amide bonds. The second-order valence-corrected chi connectivity index (χ2v) is 13.9. The number of hydrogen-bond acceptors (Lipinski definition) is 8. The van der Waals surface area contributed by atoms with E-state index in [9.17, 15) is 24.3 Å². The molecule has 1 saturated heterocycles. The molecule has 2 aliphatic rings. The highest BCUT2D eigenvalue weighted by molar-refractivity contribution is 5.96. The first-order chi connectivity index (χ1) is 21.0. The van der Waals surface area contributed by atoms with Gasteiger partial charge in [0.2, 0.25) is 23.6 Å². The first kappa shape index (κ1) is 33.8. The number of likely N-dealkylation sites (tertiary alicyclic amines) is 1. The van der Waals surface area contributed by atoms with E-state index in [2.05, 4.69) is 15.6 Å². The number of alkyl carbamates (subject to hydrolysis) is 1. The lowest BCUT2D eigenvalue weighted by molar-refractivity contribution is -0.146. The zero-order valence-corrected chi connectivity index (χ0v) is 27.4. The van der Waals surface area contributed by atoms with Gasteiger partial charge in [-0.2, -0.15) is 4.98 Å². The van der Waals surface area contributed by atoms with E-state index in [0.717, 1.165) is 10.8 Å². The van der Waals surface area contributed by atoms with E-state index in [0.29, 0.717) is 31.2 Å². The van der Waals surface area contributed by atoms with Crippen molar-refractivity contribution in [2.24, 2.45) is 11.3 Å². The molecule has 1 aliphatic carbocycles. The van der Waals surface area contributed by atoms with Crippen LogP contribution in [0.4, 0.5) is 4.79 Å². The van der Waals surface area contributed by atoms with Crippen LogP contribution in [0.15, 0.2) is 30.3 Å². The molecule has 45 heavy (non-hydrogen) atoms. The zero-order valence-electron chi connectivity index (χ0n) is 27.4. The van der Waals surface area contributed by atoms with Gasteiger partial charge in [0.15, 0.2) is 0 Å². The van der Waals surface area contributed by atoms with Gasteiger partial charge in [0.1, 0.15) is 29.3 Å². The normalized spacial score (nSPS) is 23.6. The van der Waals surface area contributed by atoms with Crippen molar-refractivity contribution in [2.75, 3.05) is 13.2 Å². The summed E-state index contributed by atoms with van der Waals surface area (Å²) in [5, 5.41) is 17.0. The number of benzene rings is 1. The van der Waals surface area contributed by atoms with Gasteiger partial charge in [-0.15, -0.1) is 0 Å². The number of amides is 3. The fourth-order valence-electron chi connectivity index (χ4n) is 5.82. The summed E-state index contributed by atoms with van der Waals surface area (Å²) in [5.74, 6) is -1.72. The monoisotopic (exact) mass is 626 g/mol. The predicted molar refractivity (Wildman–Crippen MR) is 167 cm³/mol. The molecule has 12 nitrogen and oxygen atoms in total. The molecule has 4 rings (SSSR count). The Morgan fingerprint density at radius 3 is 2.38 bits per heavy atom. The Bertz CT molecular complexity index is 1450. The third-order valence-corrected chi connectivity index (χ3v) is 8.20. The molecule has 0 bridgehead atoms. The van der Waals surface area contributed by atoms with Crippen LogP contribution in [0.25, 0.3) is 10.8 Å². The lowest BCUT2D eigenvalue weighted by Crippen LogP contribution is -2.59. The molecule has 2 fully saturated rings. The third-order valence-electron chi connectivity index (χ3n) is 8.20. The van der Waals surface area contributed by atoms with Crippen LogP contribution in [0.2, 0.25) is 0 Å². The van der Waals surface area contributed by atoms with Crippen molar-refractivity contribution < 1.29 is 38.5 Å². The van der Waals surface area contributed by atoms with Gasteiger partial charge in [-0.25, -0.2) is 9.59 Å². The smallest absolute Gasteiger partial charge is 0.408 e. The Labute approximate surface area is 264 Å². The van der Waals surface area contributed by atoms with E-state index in [1.54, 1.807) is 41.5 Å². The van der Waals surface area contributed by atoms with Gasteiger partial charge in [-0.3, -0.25) is 9.59 Å². The summed E-state index contributed by atoms with van der Waals surface area (Å²) in [6, 6.07) is 7.23. The van der Waals surface area contributed by atoms with E-state index in [1.165, 1.54) is 4.90 Å². The predicted octanol–water partition coefficient (Wildman–Crippen LogP) is 4.29. The highest BCUT2D eigenvalue weighted by atomic mass is 16.6. The van der Waals surface area contributed by atoms with E-state index < -0.39 is 58.6 Å². The van der Waals surface area contributed by atoms with Gasteiger partial charge in [0.05, 0.1) is 13.2 Å². The number of nitrogens with one attached hydrogen (secondary N) is 2. The Hall–Kier alpha value is -4.09. The van der Waals surface area contributed by atoms with Crippen molar-refractivity contribution >= 4 is 34.6 Å². The number of ether oxygens (including phenoxy) is 3. The maximum Gasteiger partial charge on any atom is 0.408 e. The lowest BCUT2D eigenvalue weighted by atomic mass is 9.85. The molecule has 5 atom stereocenters. The Morgan fingerprint density at radius 1 is 1.11 bits per heavy atom. The van der Waals surface area contributed by atoms with Gasteiger partial charge in [0, 0.05) is 17.9 Å². The van der Waals surface area contributed by atoms with Crippen molar-refractivity contribution in [3.8, 4) is 11.8 Å². The SMILES string of the molecule is CCOc1cc2ccccc2c(O[C@@H]2C[C@@H](C(=O)N[C@]3(C(=O)O)C[C@H]3CC)N(C(=O)[C@@H](NC(=O)OC(C)(C)C)C(C)(C)C)C2)n1.